The molecule has 12 heteroatoms. The van der Waals surface area contributed by atoms with Crippen LogP contribution in [0, 0.1) is 35.8 Å². The van der Waals surface area contributed by atoms with E-state index in [1.54, 1.807) is 49.0 Å². The van der Waals surface area contributed by atoms with E-state index < -0.39 is 0 Å². The van der Waals surface area contributed by atoms with Gasteiger partial charge in [-0.15, -0.1) is 68.0 Å². The second-order valence-electron chi connectivity index (χ2n) is 11.5. The van der Waals surface area contributed by atoms with Gasteiger partial charge in [0.25, 0.3) is 11.4 Å². The first-order valence-electron chi connectivity index (χ1n) is 14.9. The summed E-state index contributed by atoms with van der Waals surface area (Å²) in [6.07, 6.45) is 9.21. The summed E-state index contributed by atoms with van der Waals surface area (Å²) in [4.78, 5) is 15.5. The van der Waals surface area contributed by atoms with Crippen molar-refractivity contribution in [3.05, 3.63) is 79.4 Å². The number of nitrogens with zero attached hydrogens (tertiary/aromatic N) is 4. The first kappa shape index (κ1) is 31.1. The first-order chi connectivity index (χ1) is 23.4. The van der Waals surface area contributed by atoms with Crippen molar-refractivity contribution in [2.45, 2.75) is 37.5 Å². The van der Waals surface area contributed by atoms with Crippen LogP contribution in [-0.4, -0.2) is 14.2 Å². The Balaban J connectivity index is 1.25. The zero-order valence-electron chi connectivity index (χ0n) is 25.6. The molecular formula is C36H22N4O2S6. The molecule has 6 nitrogen and oxygen atoms in total. The molecule has 6 aromatic rings. The molecule has 1 fully saturated rings. The predicted octanol–water partition coefficient (Wildman–Crippen LogP) is 12.5. The van der Waals surface area contributed by atoms with Crippen molar-refractivity contribution >= 4 is 99.0 Å². The van der Waals surface area contributed by atoms with Gasteiger partial charge in [0.15, 0.2) is 0 Å². The van der Waals surface area contributed by atoms with Gasteiger partial charge in [-0.25, -0.2) is 20.2 Å². The van der Waals surface area contributed by atoms with E-state index in [9.17, 15) is 10.5 Å². The lowest BCUT2D eigenvalue weighted by Gasteiger charge is -2.35. The van der Waals surface area contributed by atoms with Crippen LogP contribution in [0.25, 0.3) is 69.9 Å². The van der Waals surface area contributed by atoms with E-state index in [2.05, 4.69) is 21.8 Å². The second kappa shape index (κ2) is 12.0. The second-order valence-corrected chi connectivity index (χ2v) is 17.8. The van der Waals surface area contributed by atoms with E-state index in [1.807, 2.05) is 69.6 Å². The quantitative estimate of drug-likeness (QED) is 0.126. The van der Waals surface area contributed by atoms with Crippen LogP contribution in [-0.2, 0) is 5.41 Å². The largest absolute Gasteiger partial charge is 0.495 e. The number of methoxy groups -OCH3 is 2. The van der Waals surface area contributed by atoms with Crippen molar-refractivity contribution in [3.8, 4) is 52.9 Å². The SMILES string of the molecule is [C-]#[N+]/C(C#N)=C\c1cc(OC)c(-c2cc3sc4c(c3s2)C2(CCCCC2)c2c-4sc3cc(-c4sc(/C=C(\C#N)[N+]#[C-])cc4OC)sc23)s1. The van der Waals surface area contributed by atoms with Crippen LogP contribution in [0.4, 0.5) is 0 Å². The number of hydrogen-bond donors (Lipinski definition) is 0. The fourth-order valence-corrected chi connectivity index (χ4v) is 15.1. The maximum Gasteiger partial charge on any atom is 0.263 e. The van der Waals surface area contributed by atoms with Gasteiger partial charge in [0.05, 0.1) is 78.2 Å². The van der Waals surface area contributed by atoms with Gasteiger partial charge in [-0.05, 0) is 49.3 Å². The average Bonchev–Trinajstić information content (AvgIpc) is 3.95. The molecule has 0 aliphatic heterocycles. The molecule has 234 valence electrons. The molecule has 0 aromatic carbocycles. The van der Waals surface area contributed by atoms with Gasteiger partial charge >= 0.3 is 0 Å². The summed E-state index contributed by atoms with van der Waals surface area (Å²) in [5, 5.41) is 18.6. The monoisotopic (exact) mass is 734 g/mol. The van der Waals surface area contributed by atoms with Gasteiger partial charge in [0, 0.05) is 35.7 Å². The Labute approximate surface area is 300 Å². The lowest BCUT2D eigenvalue weighted by Crippen LogP contribution is -2.27. The Bertz CT molecular complexity index is 2330. The number of nitriles is 2. The van der Waals surface area contributed by atoms with Crippen LogP contribution in [0.15, 0.2) is 35.7 Å². The van der Waals surface area contributed by atoms with Gasteiger partial charge in [-0.1, -0.05) is 19.3 Å². The average molecular weight is 735 g/mol. The van der Waals surface area contributed by atoms with Gasteiger partial charge in [-0.2, -0.15) is 0 Å². The maximum atomic E-state index is 9.29. The van der Waals surface area contributed by atoms with Crippen molar-refractivity contribution in [2.24, 2.45) is 0 Å². The standard InChI is InChI=1S/C36H22N4O2S6/c1-39-18(16-37)10-20-12-22(41-3)30(43-20)24-14-26-32(45-24)28-34(47-26)35-29(36(28)8-6-5-7-9-36)33-27(48-35)15-25(46-33)31-23(42-4)13-21(44-31)11-19(17-38)40-2/h10-15H,5-9H2,3-4H3/b18-10-,19-11+. The molecule has 0 saturated heterocycles. The molecule has 0 N–H and O–H groups in total. The molecule has 0 amide bonds. The number of fused-ring (bicyclic) bond motifs is 9. The lowest BCUT2D eigenvalue weighted by atomic mass is 9.68. The summed E-state index contributed by atoms with van der Waals surface area (Å²) in [7, 11) is 3.34. The first-order valence-corrected chi connectivity index (χ1v) is 19.8. The molecular weight excluding hydrogens is 713 g/mol. The number of allylic oxidation sites excluding steroid dienone is 2. The minimum absolute atomic E-state index is 0.0147. The molecule has 2 aliphatic carbocycles. The number of ether oxygens (including phenoxy) is 2. The van der Waals surface area contributed by atoms with Crippen LogP contribution in [0.5, 0.6) is 11.5 Å². The number of hydrogen-bond acceptors (Lipinski definition) is 10. The molecule has 1 saturated carbocycles. The molecule has 8 rings (SSSR count). The van der Waals surface area contributed by atoms with Crippen molar-refractivity contribution in [3.63, 3.8) is 0 Å². The van der Waals surface area contributed by atoms with Gasteiger partial charge in [0.2, 0.25) is 0 Å². The van der Waals surface area contributed by atoms with Crippen LogP contribution >= 0.6 is 68.0 Å². The van der Waals surface area contributed by atoms with E-state index in [4.69, 9.17) is 22.6 Å². The summed E-state index contributed by atoms with van der Waals surface area (Å²) in [5.41, 5.74) is 3.13. The molecule has 6 heterocycles. The smallest absolute Gasteiger partial charge is 0.263 e. The third kappa shape index (κ3) is 4.68. The third-order valence-electron chi connectivity index (χ3n) is 8.95. The lowest BCUT2D eigenvalue weighted by molar-refractivity contribution is 0.358. The highest BCUT2D eigenvalue weighted by atomic mass is 32.1. The number of rotatable bonds is 6. The minimum atomic E-state index is -0.0147. The highest BCUT2D eigenvalue weighted by Crippen LogP contribution is 2.67. The molecule has 0 unspecified atom stereocenters. The molecule has 0 radical (unpaired) electrons. The molecule has 48 heavy (non-hydrogen) atoms. The molecule has 0 bridgehead atoms. The molecule has 2 aliphatic rings. The highest BCUT2D eigenvalue weighted by molar-refractivity contribution is 7.36. The van der Waals surface area contributed by atoms with Gasteiger partial charge < -0.3 is 9.47 Å². The maximum absolute atomic E-state index is 9.29. The summed E-state index contributed by atoms with van der Waals surface area (Å²) < 4.78 is 16.9. The Morgan fingerprint density at radius 1 is 0.688 bits per heavy atom. The highest BCUT2D eigenvalue weighted by Gasteiger charge is 2.49. The topological polar surface area (TPSA) is 74.8 Å². The van der Waals surface area contributed by atoms with Crippen molar-refractivity contribution in [1.82, 2.24) is 0 Å². The summed E-state index contributed by atoms with van der Waals surface area (Å²) >= 11 is 10.6. The molecule has 1 spiro atoms. The van der Waals surface area contributed by atoms with Gasteiger partial charge in [0.1, 0.15) is 11.5 Å². The van der Waals surface area contributed by atoms with Crippen LogP contribution in [0.2, 0.25) is 0 Å². The van der Waals surface area contributed by atoms with Gasteiger partial charge in [-0.3, -0.25) is 0 Å². The Morgan fingerprint density at radius 3 is 1.54 bits per heavy atom. The van der Waals surface area contributed by atoms with E-state index in [0.717, 1.165) is 53.6 Å². The minimum Gasteiger partial charge on any atom is -0.495 e. The fraction of sp³-hybridized carbons (Fsp3) is 0.222. The van der Waals surface area contributed by atoms with E-state index in [1.165, 1.54) is 58.9 Å². The van der Waals surface area contributed by atoms with E-state index >= 15 is 0 Å². The Morgan fingerprint density at radius 2 is 1.15 bits per heavy atom. The zero-order chi connectivity index (χ0) is 33.2. The molecule has 6 aromatic heterocycles. The summed E-state index contributed by atoms with van der Waals surface area (Å²) in [5.74, 6) is 1.53. The summed E-state index contributed by atoms with van der Waals surface area (Å²) in [6, 6.07) is 12.4. The van der Waals surface area contributed by atoms with Crippen LogP contribution in [0.1, 0.15) is 53.0 Å². The van der Waals surface area contributed by atoms with Crippen LogP contribution < -0.4 is 9.47 Å². The predicted molar refractivity (Wildman–Crippen MR) is 202 cm³/mol. The number of thiophene rings is 6. The Hall–Kier alpha value is -4.24. The normalized spacial score (nSPS) is 15.2. The van der Waals surface area contributed by atoms with Crippen molar-refractivity contribution < 1.29 is 9.47 Å². The fourth-order valence-electron chi connectivity index (χ4n) is 6.99. The van der Waals surface area contributed by atoms with Crippen molar-refractivity contribution in [2.75, 3.05) is 14.2 Å². The van der Waals surface area contributed by atoms with Crippen LogP contribution in [0.3, 0.4) is 0 Å². The zero-order valence-corrected chi connectivity index (χ0v) is 30.5. The third-order valence-corrected chi connectivity index (χ3v) is 16.4. The van der Waals surface area contributed by atoms with Crippen molar-refractivity contribution in [1.29, 1.82) is 10.5 Å². The summed E-state index contributed by atoms with van der Waals surface area (Å²) in [6.45, 7) is 14.6. The van der Waals surface area contributed by atoms with E-state index in [-0.39, 0.29) is 16.8 Å². The molecule has 0 atom stereocenters. The van der Waals surface area contributed by atoms with E-state index in [0.29, 0.717) is 0 Å². The Kier molecular flexibility index (Phi) is 7.78.